The summed E-state index contributed by atoms with van der Waals surface area (Å²) in [5.41, 5.74) is 0. The molecule has 3 nitrogen and oxygen atoms in total. The molecule has 0 fully saturated rings. The molecule has 5 heteroatoms. The first-order chi connectivity index (χ1) is 7.40. The zero-order valence-corrected chi connectivity index (χ0v) is 10.1. The van der Waals surface area contributed by atoms with Crippen LogP contribution >= 0.6 is 22.9 Å². The molecule has 0 bridgehead atoms. The third-order valence-corrected chi connectivity index (χ3v) is 3.70. The van der Waals surface area contributed by atoms with E-state index in [1.807, 2.05) is 0 Å². The van der Waals surface area contributed by atoms with Gasteiger partial charge in [-0.05, 0) is 17.9 Å². The van der Waals surface area contributed by atoms with Crippen LogP contribution in [-0.2, 0) is 0 Å². The molecule has 1 unspecified atom stereocenters. The highest BCUT2D eigenvalue weighted by atomic mass is 32.1. The van der Waals surface area contributed by atoms with E-state index in [0.29, 0.717) is 6.04 Å². The summed E-state index contributed by atoms with van der Waals surface area (Å²) in [5.74, 6) is 0. The molecule has 1 atom stereocenters. The van der Waals surface area contributed by atoms with E-state index in [1.54, 1.807) is 17.7 Å². The van der Waals surface area contributed by atoms with Crippen LogP contribution in [0.5, 0.6) is 0 Å². The number of anilines is 1. The number of aromatic nitrogens is 2. The molecule has 0 spiro atoms. The second-order valence-electron chi connectivity index (χ2n) is 3.25. The Kier molecular flexibility index (Phi) is 3.69. The molecule has 2 rings (SSSR count). The Morgan fingerprint density at radius 2 is 2.47 bits per heavy atom. The van der Waals surface area contributed by atoms with Crippen molar-refractivity contribution in [1.82, 2.24) is 9.36 Å². The fourth-order valence-electron chi connectivity index (χ4n) is 1.45. The number of nitrogens with zero attached hydrogens (tertiary/aromatic N) is 2. The maximum Gasteiger partial charge on any atom is 0.202 e. The first kappa shape index (κ1) is 10.6. The smallest absolute Gasteiger partial charge is 0.202 e. The lowest BCUT2D eigenvalue weighted by atomic mass is 10.1. The molecule has 1 N–H and O–H groups in total. The Labute approximate surface area is 97.4 Å². The Morgan fingerprint density at radius 1 is 1.53 bits per heavy atom. The van der Waals surface area contributed by atoms with Crippen molar-refractivity contribution in [2.24, 2.45) is 0 Å². The van der Waals surface area contributed by atoms with Gasteiger partial charge < -0.3 is 5.32 Å². The van der Waals surface area contributed by atoms with Gasteiger partial charge in [0.1, 0.15) is 6.33 Å². The SMILES string of the molecule is CCCC(Nc1ncns1)c1cccs1. The van der Waals surface area contributed by atoms with Crippen molar-refractivity contribution in [1.29, 1.82) is 0 Å². The highest BCUT2D eigenvalue weighted by Crippen LogP contribution is 2.27. The molecule has 2 aromatic rings. The van der Waals surface area contributed by atoms with E-state index in [2.05, 4.69) is 39.1 Å². The standard InChI is InChI=1S/C10H13N3S2/c1-2-4-8(9-5-3-6-14-9)13-10-11-7-12-15-10/h3,5-8H,2,4H2,1H3,(H,11,12,13). The molecule has 0 saturated carbocycles. The van der Waals surface area contributed by atoms with E-state index < -0.39 is 0 Å². The molecule has 80 valence electrons. The van der Waals surface area contributed by atoms with Crippen LogP contribution in [0.15, 0.2) is 23.8 Å². The van der Waals surface area contributed by atoms with Gasteiger partial charge in [0.15, 0.2) is 0 Å². The molecule has 0 radical (unpaired) electrons. The van der Waals surface area contributed by atoms with Gasteiger partial charge in [0.25, 0.3) is 0 Å². The third-order valence-electron chi connectivity index (χ3n) is 2.12. The van der Waals surface area contributed by atoms with E-state index in [9.17, 15) is 0 Å². The minimum atomic E-state index is 0.378. The predicted molar refractivity (Wildman–Crippen MR) is 65.5 cm³/mol. The summed E-state index contributed by atoms with van der Waals surface area (Å²) in [6, 6.07) is 4.63. The molecule has 2 heterocycles. The van der Waals surface area contributed by atoms with Crippen LogP contribution in [0.1, 0.15) is 30.7 Å². The molecule has 0 aromatic carbocycles. The minimum absolute atomic E-state index is 0.378. The molecule has 2 aromatic heterocycles. The minimum Gasteiger partial charge on any atom is -0.353 e. The maximum atomic E-state index is 4.15. The van der Waals surface area contributed by atoms with Crippen LogP contribution in [0, 0.1) is 0 Å². The highest BCUT2D eigenvalue weighted by Gasteiger charge is 2.12. The van der Waals surface area contributed by atoms with Gasteiger partial charge in [-0.2, -0.15) is 4.37 Å². The number of thiophene rings is 1. The van der Waals surface area contributed by atoms with Crippen molar-refractivity contribution >= 4 is 28.0 Å². The number of rotatable bonds is 5. The summed E-state index contributed by atoms with van der Waals surface area (Å²) in [6.45, 7) is 2.20. The molecule has 0 aliphatic rings. The normalized spacial score (nSPS) is 12.6. The van der Waals surface area contributed by atoms with Crippen molar-refractivity contribution in [3.05, 3.63) is 28.7 Å². The van der Waals surface area contributed by atoms with Gasteiger partial charge in [-0.25, -0.2) is 4.98 Å². The molecule has 0 amide bonds. The van der Waals surface area contributed by atoms with Gasteiger partial charge in [0.05, 0.1) is 6.04 Å². The molecular weight excluding hydrogens is 226 g/mol. The van der Waals surface area contributed by atoms with E-state index in [-0.39, 0.29) is 0 Å². The van der Waals surface area contributed by atoms with Crippen LogP contribution in [-0.4, -0.2) is 9.36 Å². The lowest BCUT2D eigenvalue weighted by Gasteiger charge is -2.15. The Hall–Kier alpha value is -0.940. The quantitative estimate of drug-likeness (QED) is 0.867. The van der Waals surface area contributed by atoms with E-state index in [0.717, 1.165) is 18.0 Å². The molecule has 15 heavy (non-hydrogen) atoms. The van der Waals surface area contributed by atoms with Crippen LogP contribution in [0.25, 0.3) is 0 Å². The second kappa shape index (κ2) is 5.23. The predicted octanol–water partition coefficient (Wildman–Crippen LogP) is 3.55. The summed E-state index contributed by atoms with van der Waals surface area (Å²) in [5, 5.41) is 6.43. The largest absolute Gasteiger partial charge is 0.353 e. The number of hydrogen-bond donors (Lipinski definition) is 1. The topological polar surface area (TPSA) is 37.8 Å². The van der Waals surface area contributed by atoms with Crippen LogP contribution in [0.3, 0.4) is 0 Å². The summed E-state index contributed by atoms with van der Waals surface area (Å²) >= 11 is 3.19. The van der Waals surface area contributed by atoms with Crippen molar-refractivity contribution < 1.29 is 0 Å². The van der Waals surface area contributed by atoms with Gasteiger partial charge in [-0.3, -0.25) is 0 Å². The summed E-state index contributed by atoms with van der Waals surface area (Å²) in [7, 11) is 0. The lowest BCUT2D eigenvalue weighted by molar-refractivity contribution is 0.687. The van der Waals surface area contributed by atoms with Gasteiger partial charge in [-0.15, -0.1) is 11.3 Å². The summed E-state index contributed by atoms with van der Waals surface area (Å²) < 4.78 is 3.99. The Balaban J connectivity index is 2.07. The van der Waals surface area contributed by atoms with Crippen LogP contribution < -0.4 is 5.32 Å². The first-order valence-electron chi connectivity index (χ1n) is 4.96. The van der Waals surface area contributed by atoms with Gasteiger partial charge in [0.2, 0.25) is 5.13 Å². The third kappa shape index (κ3) is 2.76. The monoisotopic (exact) mass is 239 g/mol. The van der Waals surface area contributed by atoms with Gasteiger partial charge in [-0.1, -0.05) is 19.4 Å². The van der Waals surface area contributed by atoms with Crippen molar-refractivity contribution in [3.8, 4) is 0 Å². The number of hydrogen-bond acceptors (Lipinski definition) is 5. The van der Waals surface area contributed by atoms with Crippen molar-refractivity contribution in [3.63, 3.8) is 0 Å². The summed E-state index contributed by atoms with van der Waals surface area (Å²) in [6.07, 6.45) is 3.87. The van der Waals surface area contributed by atoms with E-state index in [1.165, 1.54) is 16.4 Å². The molecule has 0 saturated heterocycles. The van der Waals surface area contributed by atoms with Crippen molar-refractivity contribution in [2.45, 2.75) is 25.8 Å². The van der Waals surface area contributed by atoms with Crippen LogP contribution in [0.4, 0.5) is 5.13 Å². The molecule has 0 aliphatic carbocycles. The fourth-order valence-corrected chi connectivity index (χ4v) is 2.75. The zero-order valence-electron chi connectivity index (χ0n) is 8.51. The summed E-state index contributed by atoms with van der Waals surface area (Å²) in [4.78, 5) is 5.52. The number of nitrogens with one attached hydrogen (secondary N) is 1. The highest BCUT2D eigenvalue weighted by molar-refractivity contribution is 7.10. The van der Waals surface area contributed by atoms with Crippen LogP contribution in [0.2, 0.25) is 0 Å². The van der Waals surface area contributed by atoms with E-state index in [4.69, 9.17) is 0 Å². The fraction of sp³-hybridized carbons (Fsp3) is 0.400. The average molecular weight is 239 g/mol. The average Bonchev–Trinajstić information content (AvgIpc) is 2.89. The van der Waals surface area contributed by atoms with Gasteiger partial charge >= 0.3 is 0 Å². The van der Waals surface area contributed by atoms with Crippen molar-refractivity contribution in [2.75, 3.05) is 5.32 Å². The van der Waals surface area contributed by atoms with Gasteiger partial charge in [0, 0.05) is 16.4 Å². The first-order valence-corrected chi connectivity index (χ1v) is 6.62. The molecular formula is C10H13N3S2. The lowest BCUT2D eigenvalue weighted by Crippen LogP contribution is -2.08. The van der Waals surface area contributed by atoms with E-state index >= 15 is 0 Å². The zero-order chi connectivity index (χ0) is 10.5. The maximum absolute atomic E-state index is 4.15. The Bertz CT molecular complexity index is 369. The second-order valence-corrected chi connectivity index (χ2v) is 5.01. The molecule has 0 aliphatic heterocycles. The Morgan fingerprint density at radius 3 is 3.07 bits per heavy atom.